The van der Waals surface area contributed by atoms with Gasteiger partial charge < -0.3 is 14.8 Å². The summed E-state index contributed by atoms with van der Waals surface area (Å²) < 4.78 is 14.9. The number of amides is 4. The van der Waals surface area contributed by atoms with Crippen LogP contribution in [0.4, 0.5) is 9.18 Å². The van der Waals surface area contributed by atoms with Crippen molar-refractivity contribution in [2.45, 2.75) is 37.8 Å². The second-order valence-corrected chi connectivity index (χ2v) is 9.07. The predicted molar refractivity (Wildman–Crippen MR) is 117 cm³/mol. The van der Waals surface area contributed by atoms with Crippen molar-refractivity contribution in [3.8, 4) is 0 Å². The van der Waals surface area contributed by atoms with Crippen molar-refractivity contribution < 1.29 is 18.8 Å². The first kappa shape index (κ1) is 21.4. The van der Waals surface area contributed by atoms with Gasteiger partial charge in [0, 0.05) is 43.9 Å². The summed E-state index contributed by atoms with van der Waals surface area (Å²) in [6, 6.07) is 9.78. The summed E-state index contributed by atoms with van der Waals surface area (Å²) in [5, 5.41) is 2.63. The highest BCUT2D eigenvalue weighted by molar-refractivity contribution is 6.05. The molecule has 2 saturated heterocycles. The Balaban J connectivity index is 1.20. The molecule has 5 rings (SSSR count). The third kappa shape index (κ3) is 4.15. The zero-order valence-electron chi connectivity index (χ0n) is 18.1. The maximum atomic E-state index is 13.1. The average Bonchev–Trinajstić information content (AvgIpc) is 3.06. The molecule has 33 heavy (non-hydrogen) atoms. The van der Waals surface area contributed by atoms with Crippen LogP contribution in [0, 0.1) is 11.7 Å². The van der Waals surface area contributed by atoms with Gasteiger partial charge in [0.25, 0.3) is 11.5 Å². The Labute approximate surface area is 190 Å². The number of urea groups is 1. The minimum Gasteiger partial charge on any atom is -0.342 e. The summed E-state index contributed by atoms with van der Waals surface area (Å²) in [7, 11) is 0. The SMILES string of the molecule is O=C(C[C@@H]1NC(=O)N(CCc2ccc(F)cc2)C1=O)N1CC2CC(C1)c1cccc(=O)n1C2. The van der Waals surface area contributed by atoms with Crippen molar-refractivity contribution in [1.29, 1.82) is 0 Å². The number of pyridine rings is 1. The van der Waals surface area contributed by atoms with Gasteiger partial charge >= 0.3 is 6.03 Å². The molecular formula is C24H25FN4O4. The van der Waals surface area contributed by atoms with Gasteiger partial charge in [-0.15, -0.1) is 0 Å². The van der Waals surface area contributed by atoms with Gasteiger partial charge in [0.05, 0.1) is 6.42 Å². The highest BCUT2D eigenvalue weighted by atomic mass is 19.1. The zero-order chi connectivity index (χ0) is 23.1. The Morgan fingerprint density at radius 1 is 1.03 bits per heavy atom. The first-order chi connectivity index (χ1) is 15.9. The third-order valence-corrected chi connectivity index (χ3v) is 6.86. The van der Waals surface area contributed by atoms with E-state index >= 15 is 0 Å². The van der Waals surface area contributed by atoms with Gasteiger partial charge in [-0.05, 0) is 42.5 Å². The number of fused-ring (bicyclic) bond motifs is 4. The van der Waals surface area contributed by atoms with Crippen LogP contribution in [0.3, 0.4) is 0 Å². The number of benzene rings is 1. The summed E-state index contributed by atoms with van der Waals surface area (Å²) >= 11 is 0. The quantitative estimate of drug-likeness (QED) is 0.696. The second kappa shape index (κ2) is 8.46. The number of carbonyl (C=O) groups excluding carboxylic acids is 3. The van der Waals surface area contributed by atoms with Crippen molar-refractivity contribution >= 4 is 17.8 Å². The number of nitrogens with zero attached hydrogens (tertiary/aromatic N) is 3. The number of halogens is 1. The summed E-state index contributed by atoms with van der Waals surface area (Å²) in [6.45, 7) is 1.80. The van der Waals surface area contributed by atoms with Crippen molar-refractivity contribution in [2.75, 3.05) is 19.6 Å². The monoisotopic (exact) mass is 452 g/mol. The molecule has 1 aromatic heterocycles. The number of imide groups is 1. The summed E-state index contributed by atoms with van der Waals surface area (Å²) in [5.41, 5.74) is 1.76. The van der Waals surface area contributed by atoms with Gasteiger partial charge in [-0.2, -0.15) is 0 Å². The molecule has 2 fully saturated rings. The molecule has 4 heterocycles. The lowest BCUT2D eigenvalue weighted by Crippen LogP contribution is -2.50. The summed E-state index contributed by atoms with van der Waals surface area (Å²) in [5.74, 6) is -0.637. The van der Waals surface area contributed by atoms with E-state index in [0.29, 0.717) is 26.1 Å². The Kier molecular flexibility index (Phi) is 5.47. The molecule has 0 spiro atoms. The molecule has 1 aromatic carbocycles. The number of hydrogen-bond acceptors (Lipinski definition) is 4. The van der Waals surface area contributed by atoms with Crippen molar-refractivity contribution in [3.05, 3.63) is 69.9 Å². The van der Waals surface area contributed by atoms with E-state index in [1.165, 1.54) is 12.1 Å². The molecule has 3 aliphatic rings. The maximum Gasteiger partial charge on any atom is 0.324 e. The molecule has 3 aliphatic heterocycles. The smallest absolute Gasteiger partial charge is 0.324 e. The number of carbonyl (C=O) groups is 3. The van der Waals surface area contributed by atoms with Gasteiger partial charge in [-0.25, -0.2) is 9.18 Å². The molecule has 4 amide bonds. The standard InChI is InChI=1S/C24H25FN4O4/c25-18-6-4-15(5-7-18)8-9-28-23(32)19(26-24(28)33)11-22(31)27-12-16-10-17(14-27)20-2-1-3-21(30)29(20)13-16/h1-7,16-17,19H,8-14H2,(H,26,33)/t16?,17?,19-/m0/s1. The zero-order valence-corrected chi connectivity index (χ0v) is 18.1. The molecular weight excluding hydrogens is 427 g/mol. The van der Waals surface area contributed by atoms with Gasteiger partial charge in [0.15, 0.2) is 0 Å². The number of hydrogen-bond donors (Lipinski definition) is 1. The van der Waals surface area contributed by atoms with E-state index in [1.807, 2.05) is 6.07 Å². The Hall–Kier alpha value is -3.49. The van der Waals surface area contributed by atoms with E-state index in [-0.39, 0.29) is 42.1 Å². The largest absolute Gasteiger partial charge is 0.342 e. The van der Waals surface area contributed by atoms with Gasteiger partial charge in [0.1, 0.15) is 11.9 Å². The van der Waals surface area contributed by atoms with Crippen LogP contribution >= 0.6 is 0 Å². The fraction of sp³-hybridized carbons (Fsp3) is 0.417. The Bertz CT molecular complexity index is 1160. The lowest BCUT2D eigenvalue weighted by molar-refractivity contribution is -0.137. The normalized spacial score (nSPS) is 24.0. The molecule has 0 radical (unpaired) electrons. The predicted octanol–water partition coefficient (Wildman–Crippen LogP) is 1.49. The first-order valence-electron chi connectivity index (χ1n) is 11.2. The van der Waals surface area contributed by atoms with E-state index < -0.39 is 18.0 Å². The van der Waals surface area contributed by atoms with E-state index in [1.54, 1.807) is 33.7 Å². The van der Waals surface area contributed by atoms with E-state index in [4.69, 9.17) is 0 Å². The summed E-state index contributed by atoms with van der Waals surface area (Å²) in [4.78, 5) is 53.2. The minimum absolute atomic E-state index is 0.0121. The highest BCUT2D eigenvalue weighted by Gasteiger charge is 2.41. The van der Waals surface area contributed by atoms with Crippen molar-refractivity contribution in [3.63, 3.8) is 0 Å². The fourth-order valence-electron chi connectivity index (χ4n) is 5.22. The van der Waals surface area contributed by atoms with Crippen LogP contribution in [0.25, 0.3) is 0 Å². The molecule has 0 aliphatic carbocycles. The topological polar surface area (TPSA) is 91.7 Å². The molecule has 2 bridgehead atoms. The summed E-state index contributed by atoms with van der Waals surface area (Å²) in [6.07, 6.45) is 1.26. The van der Waals surface area contributed by atoms with Crippen LogP contribution in [0.2, 0.25) is 0 Å². The maximum absolute atomic E-state index is 13.1. The lowest BCUT2D eigenvalue weighted by atomic mass is 9.83. The van der Waals surface area contributed by atoms with Crippen molar-refractivity contribution in [1.82, 2.24) is 19.7 Å². The van der Waals surface area contributed by atoms with Gasteiger partial charge in [-0.1, -0.05) is 18.2 Å². The number of aromatic nitrogens is 1. The van der Waals surface area contributed by atoms with Crippen molar-refractivity contribution in [2.24, 2.45) is 5.92 Å². The lowest BCUT2D eigenvalue weighted by Gasteiger charge is -2.43. The van der Waals surface area contributed by atoms with Crippen LogP contribution in [-0.4, -0.2) is 57.9 Å². The number of piperidine rings is 1. The molecule has 172 valence electrons. The number of nitrogens with one attached hydrogen (secondary N) is 1. The second-order valence-electron chi connectivity index (χ2n) is 9.07. The molecule has 8 nitrogen and oxygen atoms in total. The molecule has 1 N–H and O–H groups in total. The third-order valence-electron chi connectivity index (χ3n) is 6.86. The molecule has 2 aromatic rings. The molecule has 9 heteroatoms. The van der Waals surface area contributed by atoms with Crippen LogP contribution < -0.4 is 10.9 Å². The van der Waals surface area contributed by atoms with Gasteiger partial charge in [0.2, 0.25) is 5.91 Å². The van der Waals surface area contributed by atoms with Crippen LogP contribution in [0.1, 0.15) is 30.0 Å². The minimum atomic E-state index is -0.880. The molecule has 2 unspecified atom stereocenters. The fourth-order valence-corrected chi connectivity index (χ4v) is 5.22. The number of rotatable bonds is 5. The van der Waals surface area contributed by atoms with Gasteiger partial charge in [-0.3, -0.25) is 19.3 Å². The van der Waals surface area contributed by atoms with Crippen LogP contribution in [-0.2, 0) is 22.6 Å². The van der Waals surface area contributed by atoms with Crippen LogP contribution in [0.15, 0.2) is 47.3 Å². The Morgan fingerprint density at radius 2 is 1.82 bits per heavy atom. The molecule has 3 atom stereocenters. The number of likely N-dealkylation sites (tertiary alicyclic amines) is 1. The van der Waals surface area contributed by atoms with E-state index in [9.17, 15) is 23.6 Å². The van der Waals surface area contributed by atoms with E-state index in [0.717, 1.165) is 22.6 Å². The first-order valence-corrected chi connectivity index (χ1v) is 11.2. The van der Waals surface area contributed by atoms with E-state index in [2.05, 4.69) is 5.32 Å². The average molecular weight is 452 g/mol. The molecule has 0 saturated carbocycles. The van der Waals surface area contributed by atoms with Crippen LogP contribution in [0.5, 0.6) is 0 Å². The Morgan fingerprint density at radius 3 is 2.61 bits per heavy atom. The highest BCUT2D eigenvalue weighted by Crippen LogP contribution is 2.35.